The molecule has 0 aromatic heterocycles. The van der Waals surface area contributed by atoms with E-state index in [1.165, 1.54) is 18.2 Å². The first-order valence-corrected chi connectivity index (χ1v) is 9.65. The smallest absolute Gasteiger partial charge is 0.248 e. The molecule has 0 aliphatic carbocycles. The summed E-state index contributed by atoms with van der Waals surface area (Å²) in [4.78, 5) is 26.6. The van der Waals surface area contributed by atoms with Crippen LogP contribution in [0.5, 0.6) is 0 Å². The van der Waals surface area contributed by atoms with E-state index in [0.717, 1.165) is 5.56 Å². The number of benzene rings is 2. The number of fused-ring (bicyclic) bond motifs is 1. The lowest BCUT2D eigenvalue weighted by atomic mass is 10.0. The van der Waals surface area contributed by atoms with Gasteiger partial charge in [0.2, 0.25) is 11.8 Å². The zero-order valence-corrected chi connectivity index (χ0v) is 15.3. The third-order valence-corrected chi connectivity index (χ3v) is 6.73. The van der Waals surface area contributed by atoms with Gasteiger partial charge in [0, 0.05) is 17.9 Å². The van der Waals surface area contributed by atoms with Crippen molar-refractivity contribution in [3.63, 3.8) is 0 Å². The highest BCUT2D eigenvalue weighted by Gasteiger charge is 2.56. The number of hydrogen-bond acceptors (Lipinski definition) is 3. The minimum absolute atomic E-state index is 0.0175. The maximum atomic E-state index is 13.3. The molecule has 0 saturated carbocycles. The topological polar surface area (TPSA) is 49.4 Å². The molecule has 134 valence electrons. The largest absolute Gasteiger partial charge is 0.324 e. The van der Waals surface area contributed by atoms with E-state index >= 15 is 0 Å². The van der Waals surface area contributed by atoms with Crippen LogP contribution in [0.3, 0.4) is 0 Å². The van der Waals surface area contributed by atoms with Crippen molar-refractivity contribution < 1.29 is 14.0 Å². The zero-order chi connectivity index (χ0) is 18.3. The van der Waals surface area contributed by atoms with Crippen LogP contribution in [0.2, 0.25) is 5.02 Å². The number of nitrogens with one attached hydrogen (secondary N) is 1. The molecule has 0 unspecified atom stereocenters. The van der Waals surface area contributed by atoms with Crippen LogP contribution in [0, 0.1) is 5.82 Å². The summed E-state index contributed by atoms with van der Waals surface area (Å²) >= 11 is 7.40. The Morgan fingerprint density at radius 2 is 2.04 bits per heavy atom. The third kappa shape index (κ3) is 2.77. The van der Waals surface area contributed by atoms with E-state index in [1.54, 1.807) is 16.7 Å². The highest BCUT2D eigenvalue weighted by atomic mass is 35.5. The molecule has 7 heteroatoms. The maximum Gasteiger partial charge on any atom is 0.248 e. The Morgan fingerprint density at radius 3 is 2.77 bits per heavy atom. The summed E-state index contributed by atoms with van der Waals surface area (Å²) in [5.41, 5.74) is 1.45. The SMILES string of the molecule is O=C(Nc1ccc(F)c(Cl)c1)[C@@H]1CS[C@]2(c3ccccc3)CCC(=O)N12. The molecule has 0 bridgehead atoms. The Bertz CT molecular complexity index is 879. The fourth-order valence-corrected chi connectivity index (χ4v) is 5.47. The highest BCUT2D eigenvalue weighted by molar-refractivity contribution is 8.00. The van der Waals surface area contributed by atoms with E-state index in [0.29, 0.717) is 24.3 Å². The molecule has 4 nitrogen and oxygen atoms in total. The highest BCUT2D eigenvalue weighted by Crippen LogP contribution is 2.54. The molecule has 2 aliphatic heterocycles. The predicted octanol–water partition coefficient (Wildman–Crippen LogP) is 4.01. The number of rotatable bonds is 3. The second-order valence-electron chi connectivity index (χ2n) is 6.36. The number of carbonyl (C=O) groups excluding carboxylic acids is 2. The monoisotopic (exact) mass is 390 g/mol. The van der Waals surface area contributed by atoms with Crippen molar-refractivity contribution in [3.8, 4) is 0 Å². The van der Waals surface area contributed by atoms with E-state index in [2.05, 4.69) is 5.32 Å². The fraction of sp³-hybridized carbons (Fsp3) is 0.263. The molecule has 2 saturated heterocycles. The quantitative estimate of drug-likeness (QED) is 0.861. The average molecular weight is 391 g/mol. The van der Waals surface area contributed by atoms with Gasteiger partial charge in [0.1, 0.15) is 16.7 Å². The number of amides is 2. The van der Waals surface area contributed by atoms with Crippen molar-refractivity contribution in [2.24, 2.45) is 0 Å². The number of anilines is 1. The molecule has 1 N–H and O–H groups in total. The number of halogens is 2. The molecule has 2 aliphatic rings. The summed E-state index contributed by atoms with van der Waals surface area (Å²) in [7, 11) is 0. The van der Waals surface area contributed by atoms with Gasteiger partial charge in [0.15, 0.2) is 0 Å². The number of thioether (sulfide) groups is 1. The van der Waals surface area contributed by atoms with Crippen LogP contribution >= 0.6 is 23.4 Å². The van der Waals surface area contributed by atoms with E-state index in [4.69, 9.17) is 11.6 Å². The minimum atomic E-state index is -0.570. The number of hydrogen-bond donors (Lipinski definition) is 1. The average Bonchev–Trinajstić information content (AvgIpc) is 3.18. The van der Waals surface area contributed by atoms with E-state index in [1.807, 2.05) is 30.3 Å². The molecule has 2 heterocycles. The van der Waals surface area contributed by atoms with E-state index in [-0.39, 0.29) is 16.8 Å². The first kappa shape index (κ1) is 17.4. The molecule has 0 spiro atoms. The summed E-state index contributed by atoms with van der Waals surface area (Å²) in [6.07, 6.45) is 1.11. The summed E-state index contributed by atoms with van der Waals surface area (Å²) in [6.45, 7) is 0. The zero-order valence-electron chi connectivity index (χ0n) is 13.7. The van der Waals surface area contributed by atoms with Crippen molar-refractivity contribution in [1.82, 2.24) is 4.90 Å². The lowest BCUT2D eigenvalue weighted by Gasteiger charge is -2.34. The molecular weight excluding hydrogens is 375 g/mol. The third-order valence-electron chi connectivity index (χ3n) is 4.84. The summed E-state index contributed by atoms with van der Waals surface area (Å²) in [6, 6.07) is 13.3. The van der Waals surface area contributed by atoms with Crippen LogP contribution in [-0.2, 0) is 14.5 Å². The molecule has 0 radical (unpaired) electrons. The maximum absolute atomic E-state index is 13.3. The first-order chi connectivity index (χ1) is 12.5. The van der Waals surface area contributed by atoms with Gasteiger partial charge in [0.05, 0.1) is 5.02 Å². The Hall–Kier alpha value is -2.05. The predicted molar refractivity (Wildman–Crippen MR) is 100 cm³/mol. The van der Waals surface area contributed by atoms with Crippen LogP contribution in [0.1, 0.15) is 18.4 Å². The molecule has 2 atom stereocenters. The van der Waals surface area contributed by atoms with Crippen molar-refractivity contribution in [2.45, 2.75) is 23.8 Å². The van der Waals surface area contributed by atoms with Gasteiger partial charge in [-0.2, -0.15) is 0 Å². The lowest BCUT2D eigenvalue weighted by molar-refractivity contribution is -0.136. The van der Waals surface area contributed by atoms with Gasteiger partial charge < -0.3 is 10.2 Å². The Morgan fingerprint density at radius 1 is 1.27 bits per heavy atom. The normalized spacial score (nSPS) is 24.6. The summed E-state index contributed by atoms with van der Waals surface area (Å²) in [5, 5.41) is 2.70. The van der Waals surface area contributed by atoms with Gasteiger partial charge in [-0.15, -0.1) is 11.8 Å². The summed E-state index contributed by atoms with van der Waals surface area (Å²) in [5.74, 6) is -0.329. The molecule has 2 aromatic carbocycles. The minimum Gasteiger partial charge on any atom is -0.324 e. The standard InChI is InChI=1S/C19H16ClFN2O2S/c20-14-10-13(6-7-15(14)21)22-18(25)16-11-26-19(9-8-17(24)23(16)19)12-4-2-1-3-5-12/h1-7,10,16H,8-9,11H2,(H,22,25)/t16-,19-/m0/s1. The molecule has 4 rings (SSSR count). The van der Waals surface area contributed by atoms with Crippen molar-refractivity contribution >= 4 is 40.9 Å². The lowest BCUT2D eigenvalue weighted by Crippen LogP contribution is -2.48. The second kappa shape index (κ2) is 6.59. The number of carbonyl (C=O) groups is 2. The van der Waals surface area contributed by atoms with Crippen LogP contribution in [-0.4, -0.2) is 28.5 Å². The van der Waals surface area contributed by atoms with Gasteiger partial charge in [-0.1, -0.05) is 41.9 Å². The van der Waals surface area contributed by atoms with Crippen molar-refractivity contribution in [2.75, 3.05) is 11.1 Å². The van der Waals surface area contributed by atoms with Gasteiger partial charge in [-0.3, -0.25) is 9.59 Å². The van der Waals surface area contributed by atoms with Gasteiger partial charge in [-0.25, -0.2) is 4.39 Å². The van der Waals surface area contributed by atoms with E-state index < -0.39 is 16.7 Å². The number of nitrogens with zero attached hydrogens (tertiary/aromatic N) is 1. The summed E-state index contributed by atoms with van der Waals surface area (Å²) < 4.78 is 13.3. The van der Waals surface area contributed by atoms with Crippen LogP contribution < -0.4 is 5.32 Å². The van der Waals surface area contributed by atoms with Crippen LogP contribution in [0.25, 0.3) is 0 Å². The molecule has 2 fully saturated rings. The van der Waals surface area contributed by atoms with Gasteiger partial charge in [0.25, 0.3) is 0 Å². The molecule has 2 aromatic rings. The van der Waals surface area contributed by atoms with Crippen LogP contribution in [0.4, 0.5) is 10.1 Å². The molecule has 2 amide bonds. The fourth-order valence-electron chi connectivity index (χ4n) is 3.64. The molecule has 26 heavy (non-hydrogen) atoms. The first-order valence-electron chi connectivity index (χ1n) is 8.29. The van der Waals surface area contributed by atoms with Crippen molar-refractivity contribution in [3.05, 3.63) is 64.9 Å². The Kier molecular flexibility index (Phi) is 4.40. The van der Waals surface area contributed by atoms with Gasteiger partial charge >= 0.3 is 0 Å². The second-order valence-corrected chi connectivity index (χ2v) is 8.06. The Balaban J connectivity index is 1.60. The van der Waals surface area contributed by atoms with Crippen molar-refractivity contribution in [1.29, 1.82) is 0 Å². The van der Waals surface area contributed by atoms with Crippen LogP contribution in [0.15, 0.2) is 48.5 Å². The van der Waals surface area contributed by atoms with Gasteiger partial charge in [-0.05, 0) is 30.2 Å². The Labute approximate surface area is 159 Å². The van der Waals surface area contributed by atoms with E-state index in [9.17, 15) is 14.0 Å². The molecular formula is C19H16ClFN2O2S.